The molecule has 2 heterocycles. The highest BCUT2D eigenvalue weighted by atomic mass is 32.2. The van der Waals surface area contributed by atoms with E-state index in [0.717, 1.165) is 31.6 Å². The molecule has 1 saturated heterocycles. The standard InChI is InChI=1S/C23H29N5O3S/c1-3-12-24-23(31)18-5-4-13-28(14-18)20-10-11-22(27-26-20)32-15-21(30)25-19-8-6-17(7-9-19)16(2)29/h6-11,18H,3-5,12-15H2,1-2H3,(H,24,31)(H,25,30). The van der Waals surface area contributed by atoms with E-state index in [4.69, 9.17) is 0 Å². The van der Waals surface area contributed by atoms with Gasteiger partial charge in [0.05, 0.1) is 11.7 Å². The fourth-order valence-corrected chi connectivity index (χ4v) is 4.09. The number of benzene rings is 1. The number of thioether (sulfide) groups is 1. The number of hydrogen-bond donors (Lipinski definition) is 2. The second kappa shape index (κ2) is 11.6. The van der Waals surface area contributed by atoms with Gasteiger partial charge in [-0.2, -0.15) is 0 Å². The van der Waals surface area contributed by atoms with Gasteiger partial charge in [-0.05, 0) is 62.6 Å². The number of nitrogens with one attached hydrogen (secondary N) is 2. The molecular weight excluding hydrogens is 426 g/mol. The average Bonchev–Trinajstić information content (AvgIpc) is 2.82. The Morgan fingerprint density at radius 3 is 2.56 bits per heavy atom. The molecular formula is C23H29N5O3S. The number of carbonyl (C=O) groups excluding carboxylic acids is 3. The molecule has 170 valence electrons. The normalized spacial score (nSPS) is 15.8. The lowest BCUT2D eigenvalue weighted by Gasteiger charge is -2.32. The number of hydrogen-bond acceptors (Lipinski definition) is 7. The van der Waals surface area contributed by atoms with Crippen molar-refractivity contribution in [3.05, 3.63) is 42.0 Å². The minimum Gasteiger partial charge on any atom is -0.356 e. The van der Waals surface area contributed by atoms with Gasteiger partial charge in [-0.25, -0.2) is 0 Å². The molecule has 1 aliphatic heterocycles. The number of nitrogens with zero attached hydrogens (tertiary/aromatic N) is 3. The molecule has 0 aliphatic carbocycles. The predicted molar refractivity (Wildman–Crippen MR) is 126 cm³/mol. The number of aromatic nitrogens is 2. The molecule has 0 bridgehead atoms. The number of amides is 2. The van der Waals surface area contributed by atoms with E-state index in [2.05, 4.69) is 25.7 Å². The van der Waals surface area contributed by atoms with Crippen LogP contribution in [-0.4, -0.2) is 53.2 Å². The van der Waals surface area contributed by atoms with E-state index in [0.29, 0.717) is 29.4 Å². The summed E-state index contributed by atoms with van der Waals surface area (Å²) in [4.78, 5) is 37.9. The minimum atomic E-state index is -0.159. The van der Waals surface area contributed by atoms with E-state index < -0.39 is 0 Å². The van der Waals surface area contributed by atoms with E-state index in [1.807, 2.05) is 19.1 Å². The number of carbonyl (C=O) groups is 3. The Hall–Kier alpha value is -2.94. The van der Waals surface area contributed by atoms with Gasteiger partial charge in [0.1, 0.15) is 5.03 Å². The van der Waals surface area contributed by atoms with Gasteiger partial charge < -0.3 is 15.5 Å². The zero-order valence-corrected chi connectivity index (χ0v) is 19.3. The van der Waals surface area contributed by atoms with Crippen LogP contribution >= 0.6 is 11.8 Å². The van der Waals surface area contributed by atoms with Crippen LogP contribution in [0.1, 0.15) is 43.5 Å². The van der Waals surface area contributed by atoms with Crippen molar-refractivity contribution in [2.24, 2.45) is 5.92 Å². The van der Waals surface area contributed by atoms with Crippen molar-refractivity contribution < 1.29 is 14.4 Å². The van der Waals surface area contributed by atoms with Gasteiger partial charge in [-0.1, -0.05) is 18.7 Å². The molecule has 3 rings (SSSR count). The Morgan fingerprint density at radius 2 is 1.91 bits per heavy atom. The smallest absolute Gasteiger partial charge is 0.234 e. The van der Waals surface area contributed by atoms with E-state index >= 15 is 0 Å². The summed E-state index contributed by atoms with van der Waals surface area (Å²) in [6.45, 7) is 5.74. The van der Waals surface area contributed by atoms with Crippen molar-refractivity contribution in [1.29, 1.82) is 0 Å². The lowest BCUT2D eigenvalue weighted by atomic mass is 9.97. The Balaban J connectivity index is 1.48. The lowest BCUT2D eigenvalue weighted by molar-refractivity contribution is -0.125. The maximum Gasteiger partial charge on any atom is 0.234 e. The highest BCUT2D eigenvalue weighted by molar-refractivity contribution is 7.99. The first-order valence-corrected chi connectivity index (χ1v) is 11.8. The maximum atomic E-state index is 12.3. The first-order valence-electron chi connectivity index (χ1n) is 10.9. The van der Waals surface area contributed by atoms with Crippen LogP contribution in [0.25, 0.3) is 0 Å². The number of Topliss-reactive ketones (excluding diaryl/α,β-unsaturated/α-hetero) is 1. The van der Waals surface area contributed by atoms with Gasteiger partial charge >= 0.3 is 0 Å². The summed E-state index contributed by atoms with van der Waals surface area (Å²) in [5, 5.41) is 15.0. The van der Waals surface area contributed by atoms with Crippen molar-refractivity contribution in [3.8, 4) is 0 Å². The largest absolute Gasteiger partial charge is 0.356 e. The summed E-state index contributed by atoms with van der Waals surface area (Å²) in [6, 6.07) is 10.5. The Labute approximate surface area is 192 Å². The molecule has 1 atom stereocenters. The number of piperidine rings is 1. The van der Waals surface area contributed by atoms with E-state index in [-0.39, 0.29) is 29.3 Å². The van der Waals surface area contributed by atoms with E-state index in [9.17, 15) is 14.4 Å². The fraction of sp³-hybridized carbons (Fsp3) is 0.435. The predicted octanol–water partition coefficient (Wildman–Crippen LogP) is 3.15. The second-order valence-electron chi connectivity index (χ2n) is 7.78. The SMILES string of the molecule is CCCNC(=O)C1CCCN(c2ccc(SCC(=O)Nc3ccc(C(C)=O)cc3)nn2)C1. The van der Waals surface area contributed by atoms with Crippen LogP contribution in [0.3, 0.4) is 0 Å². The molecule has 0 saturated carbocycles. The zero-order valence-electron chi connectivity index (χ0n) is 18.5. The van der Waals surface area contributed by atoms with Gasteiger partial charge in [0.25, 0.3) is 0 Å². The van der Waals surface area contributed by atoms with Gasteiger partial charge in [-0.3, -0.25) is 14.4 Å². The molecule has 8 nitrogen and oxygen atoms in total. The van der Waals surface area contributed by atoms with Crippen molar-refractivity contribution in [2.75, 3.05) is 35.6 Å². The van der Waals surface area contributed by atoms with Crippen LogP contribution in [0.5, 0.6) is 0 Å². The summed E-state index contributed by atoms with van der Waals surface area (Å²) in [7, 11) is 0. The Kier molecular flexibility index (Phi) is 8.61. The van der Waals surface area contributed by atoms with Crippen molar-refractivity contribution >= 4 is 40.9 Å². The highest BCUT2D eigenvalue weighted by Crippen LogP contribution is 2.23. The summed E-state index contributed by atoms with van der Waals surface area (Å²) in [6.07, 6.45) is 2.76. The van der Waals surface area contributed by atoms with Gasteiger partial charge in [0.2, 0.25) is 11.8 Å². The van der Waals surface area contributed by atoms with E-state index in [1.54, 1.807) is 24.3 Å². The highest BCUT2D eigenvalue weighted by Gasteiger charge is 2.26. The molecule has 1 fully saturated rings. The van der Waals surface area contributed by atoms with Gasteiger partial charge in [0.15, 0.2) is 11.6 Å². The first kappa shape index (κ1) is 23.7. The molecule has 1 aliphatic rings. The lowest BCUT2D eigenvalue weighted by Crippen LogP contribution is -2.43. The Bertz CT molecular complexity index is 934. The topological polar surface area (TPSA) is 104 Å². The minimum absolute atomic E-state index is 0.0136. The quantitative estimate of drug-likeness (QED) is 0.442. The van der Waals surface area contributed by atoms with Crippen LogP contribution in [0.2, 0.25) is 0 Å². The fourth-order valence-electron chi connectivity index (χ4n) is 3.48. The first-order chi connectivity index (χ1) is 15.5. The molecule has 2 N–H and O–H groups in total. The van der Waals surface area contributed by atoms with Crippen LogP contribution in [0.4, 0.5) is 11.5 Å². The maximum absolute atomic E-state index is 12.3. The summed E-state index contributed by atoms with van der Waals surface area (Å²) < 4.78 is 0. The summed E-state index contributed by atoms with van der Waals surface area (Å²) in [5.74, 6) is 0.857. The van der Waals surface area contributed by atoms with Crippen LogP contribution in [0.15, 0.2) is 41.4 Å². The third-order valence-corrected chi connectivity index (χ3v) is 6.14. The molecule has 32 heavy (non-hydrogen) atoms. The molecule has 1 unspecified atom stereocenters. The average molecular weight is 456 g/mol. The van der Waals surface area contributed by atoms with Crippen molar-refractivity contribution in [1.82, 2.24) is 15.5 Å². The van der Waals surface area contributed by atoms with Crippen molar-refractivity contribution in [2.45, 2.75) is 38.1 Å². The monoisotopic (exact) mass is 455 g/mol. The molecule has 9 heteroatoms. The molecule has 0 radical (unpaired) electrons. The summed E-state index contributed by atoms with van der Waals surface area (Å²) in [5.41, 5.74) is 1.25. The third kappa shape index (κ3) is 6.78. The number of rotatable bonds is 9. The van der Waals surface area contributed by atoms with Gasteiger partial charge in [0, 0.05) is 30.9 Å². The second-order valence-corrected chi connectivity index (χ2v) is 8.77. The van der Waals surface area contributed by atoms with Crippen LogP contribution < -0.4 is 15.5 Å². The summed E-state index contributed by atoms with van der Waals surface area (Å²) >= 11 is 1.30. The van der Waals surface area contributed by atoms with Crippen LogP contribution in [-0.2, 0) is 9.59 Å². The zero-order chi connectivity index (χ0) is 22.9. The van der Waals surface area contributed by atoms with E-state index in [1.165, 1.54) is 18.7 Å². The molecule has 2 aromatic rings. The van der Waals surface area contributed by atoms with Crippen molar-refractivity contribution in [3.63, 3.8) is 0 Å². The molecule has 1 aromatic heterocycles. The van der Waals surface area contributed by atoms with Crippen LogP contribution in [0, 0.1) is 5.92 Å². The number of ketones is 1. The van der Waals surface area contributed by atoms with Gasteiger partial charge in [-0.15, -0.1) is 10.2 Å². The Morgan fingerprint density at radius 1 is 1.12 bits per heavy atom. The molecule has 2 amide bonds. The number of anilines is 2. The molecule has 1 aromatic carbocycles. The molecule has 0 spiro atoms. The third-order valence-electron chi connectivity index (χ3n) is 5.22.